The molecule has 1 aliphatic rings. The molecule has 112 valence electrons. The van der Waals surface area contributed by atoms with Crippen molar-refractivity contribution < 1.29 is 9.13 Å². The van der Waals surface area contributed by atoms with Gasteiger partial charge in [-0.05, 0) is 13.1 Å². The second kappa shape index (κ2) is 7.57. The summed E-state index contributed by atoms with van der Waals surface area (Å²) in [6.07, 6.45) is 0. The topological polar surface area (TPSA) is 27.7 Å². The molecule has 20 heavy (non-hydrogen) atoms. The minimum atomic E-state index is -0.246. The molecule has 0 unspecified atom stereocenters. The lowest BCUT2D eigenvalue weighted by atomic mass is 10.2. The van der Waals surface area contributed by atoms with Gasteiger partial charge in [-0.25, -0.2) is 4.39 Å². The lowest BCUT2D eigenvalue weighted by Gasteiger charge is -2.29. The monoisotopic (exact) mass is 281 g/mol. The van der Waals surface area contributed by atoms with E-state index < -0.39 is 0 Å². The number of benzene rings is 1. The highest BCUT2D eigenvalue weighted by Gasteiger charge is 2.12. The fraction of sp³-hybridized carbons (Fsp3) is 0.600. The van der Waals surface area contributed by atoms with E-state index in [0.717, 1.165) is 39.3 Å². The van der Waals surface area contributed by atoms with E-state index in [2.05, 4.69) is 15.1 Å². The molecule has 1 heterocycles. The second-order valence-corrected chi connectivity index (χ2v) is 5.26. The number of hydrogen-bond donors (Lipinski definition) is 1. The Labute approximate surface area is 120 Å². The number of ether oxygens (including phenoxy) is 1. The van der Waals surface area contributed by atoms with Gasteiger partial charge in [0.25, 0.3) is 0 Å². The van der Waals surface area contributed by atoms with Crippen LogP contribution in [-0.2, 0) is 6.54 Å². The summed E-state index contributed by atoms with van der Waals surface area (Å²) >= 11 is 0. The summed E-state index contributed by atoms with van der Waals surface area (Å²) in [7, 11) is 3.53. The molecule has 0 aliphatic carbocycles. The van der Waals surface area contributed by atoms with Crippen LogP contribution >= 0.6 is 0 Å². The minimum Gasteiger partial charge on any atom is -0.494 e. The van der Waals surface area contributed by atoms with Gasteiger partial charge in [0.15, 0.2) is 11.6 Å². The molecule has 5 heteroatoms. The Hall–Kier alpha value is -1.17. The van der Waals surface area contributed by atoms with Crippen molar-refractivity contribution in [2.75, 3.05) is 53.4 Å². The average molecular weight is 281 g/mol. The lowest BCUT2D eigenvalue weighted by molar-refractivity contribution is 0.201. The summed E-state index contributed by atoms with van der Waals surface area (Å²) < 4.78 is 19.1. The molecule has 4 nitrogen and oxygen atoms in total. The van der Waals surface area contributed by atoms with E-state index in [1.165, 1.54) is 7.11 Å². The molecule has 0 radical (unpaired) electrons. The van der Waals surface area contributed by atoms with Crippen molar-refractivity contribution in [1.82, 2.24) is 15.1 Å². The molecule has 1 N–H and O–H groups in total. The molecule has 0 atom stereocenters. The number of nitrogens with zero attached hydrogens (tertiary/aromatic N) is 2. The Kier molecular flexibility index (Phi) is 5.76. The molecular formula is C15H24FN3O. The zero-order chi connectivity index (χ0) is 14.4. The van der Waals surface area contributed by atoms with Crippen LogP contribution in [0.5, 0.6) is 5.75 Å². The van der Waals surface area contributed by atoms with Crippen LogP contribution in [0.4, 0.5) is 4.39 Å². The Morgan fingerprint density at radius 2 is 2.10 bits per heavy atom. The molecular weight excluding hydrogens is 257 g/mol. The minimum absolute atomic E-state index is 0.246. The molecule has 2 rings (SSSR count). The highest BCUT2D eigenvalue weighted by atomic mass is 19.1. The molecule has 0 spiro atoms. The number of nitrogens with one attached hydrogen (secondary N) is 1. The van der Waals surface area contributed by atoms with Gasteiger partial charge in [-0.2, -0.15) is 0 Å². The van der Waals surface area contributed by atoms with Crippen molar-refractivity contribution in [2.45, 2.75) is 6.54 Å². The number of methoxy groups -OCH3 is 1. The summed E-state index contributed by atoms with van der Waals surface area (Å²) in [5, 5.41) is 3.34. The van der Waals surface area contributed by atoms with Gasteiger partial charge in [-0.3, -0.25) is 4.90 Å². The van der Waals surface area contributed by atoms with Crippen molar-refractivity contribution in [1.29, 1.82) is 0 Å². The number of rotatable bonds is 6. The second-order valence-electron chi connectivity index (χ2n) is 5.26. The van der Waals surface area contributed by atoms with Crippen LogP contribution in [0.25, 0.3) is 0 Å². The van der Waals surface area contributed by atoms with Gasteiger partial charge in [-0.15, -0.1) is 0 Å². The third kappa shape index (κ3) is 4.16. The van der Waals surface area contributed by atoms with Crippen LogP contribution in [0.15, 0.2) is 18.2 Å². The van der Waals surface area contributed by atoms with E-state index in [-0.39, 0.29) is 5.82 Å². The van der Waals surface area contributed by atoms with E-state index in [0.29, 0.717) is 17.9 Å². The van der Waals surface area contributed by atoms with Crippen molar-refractivity contribution in [3.63, 3.8) is 0 Å². The molecule has 0 amide bonds. The first kappa shape index (κ1) is 15.2. The predicted molar refractivity (Wildman–Crippen MR) is 78.6 cm³/mol. The van der Waals surface area contributed by atoms with Gasteiger partial charge < -0.3 is 15.0 Å². The van der Waals surface area contributed by atoms with Gasteiger partial charge in [0, 0.05) is 51.4 Å². The summed E-state index contributed by atoms with van der Waals surface area (Å²) in [6, 6.07) is 5.31. The maximum absolute atomic E-state index is 14.1. The van der Waals surface area contributed by atoms with Gasteiger partial charge in [0.1, 0.15) is 0 Å². The van der Waals surface area contributed by atoms with Crippen molar-refractivity contribution in [2.24, 2.45) is 0 Å². The lowest BCUT2D eigenvalue weighted by Crippen LogP contribution is -2.45. The fourth-order valence-electron chi connectivity index (χ4n) is 2.45. The molecule has 0 bridgehead atoms. The van der Waals surface area contributed by atoms with Crippen molar-refractivity contribution in [3.05, 3.63) is 29.6 Å². The molecule has 0 saturated carbocycles. The van der Waals surface area contributed by atoms with Crippen LogP contribution in [0.1, 0.15) is 5.56 Å². The molecule has 0 aromatic heterocycles. The van der Waals surface area contributed by atoms with E-state index in [4.69, 9.17) is 4.74 Å². The fourth-order valence-corrected chi connectivity index (χ4v) is 2.45. The first-order chi connectivity index (χ1) is 9.70. The molecule has 1 aromatic rings. The number of likely N-dealkylation sites (N-methyl/N-ethyl adjacent to an activating group) is 1. The number of halogens is 1. The van der Waals surface area contributed by atoms with E-state index in [9.17, 15) is 4.39 Å². The third-order valence-corrected chi connectivity index (χ3v) is 3.71. The predicted octanol–water partition coefficient (Wildman–Crippen LogP) is 1.17. The van der Waals surface area contributed by atoms with Crippen LogP contribution < -0.4 is 10.1 Å². The first-order valence-electron chi connectivity index (χ1n) is 7.13. The SMILES string of the molecule is COc1cccc(CN(C)CCN2CCNCC2)c1F. The van der Waals surface area contributed by atoms with Gasteiger partial charge in [0.05, 0.1) is 7.11 Å². The summed E-state index contributed by atoms with van der Waals surface area (Å²) in [6.45, 7) is 6.90. The number of hydrogen-bond acceptors (Lipinski definition) is 4. The molecule has 1 aromatic carbocycles. The highest BCUT2D eigenvalue weighted by molar-refractivity contribution is 5.30. The summed E-state index contributed by atoms with van der Waals surface area (Å²) in [5.74, 6) is 0.0713. The average Bonchev–Trinajstić information content (AvgIpc) is 2.48. The van der Waals surface area contributed by atoms with Crippen molar-refractivity contribution in [3.8, 4) is 5.75 Å². The van der Waals surface area contributed by atoms with E-state index in [1.807, 2.05) is 19.2 Å². The van der Waals surface area contributed by atoms with Crippen LogP contribution in [0, 0.1) is 5.82 Å². The maximum atomic E-state index is 14.1. The first-order valence-corrected chi connectivity index (χ1v) is 7.13. The van der Waals surface area contributed by atoms with Crippen LogP contribution in [0.3, 0.4) is 0 Å². The van der Waals surface area contributed by atoms with Gasteiger partial charge >= 0.3 is 0 Å². The molecule has 1 fully saturated rings. The van der Waals surface area contributed by atoms with E-state index in [1.54, 1.807) is 6.07 Å². The Morgan fingerprint density at radius 1 is 1.35 bits per heavy atom. The van der Waals surface area contributed by atoms with Crippen LogP contribution in [0.2, 0.25) is 0 Å². The quantitative estimate of drug-likeness (QED) is 0.847. The Bertz CT molecular complexity index is 422. The van der Waals surface area contributed by atoms with E-state index >= 15 is 0 Å². The summed E-state index contributed by atoms with van der Waals surface area (Å²) in [5.41, 5.74) is 0.687. The molecule has 1 aliphatic heterocycles. The smallest absolute Gasteiger partial charge is 0.169 e. The third-order valence-electron chi connectivity index (χ3n) is 3.71. The van der Waals surface area contributed by atoms with Crippen molar-refractivity contribution >= 4 is 0 Å². The zero-order valence-electron chi connectivity index (χ0n) is 12.4. The number of piperazine rings is 1. The Balaban J connectivity index is 1.83. The maximum Gasteiger partial charge on any atom is 0.169 e. The highest BCUT2D eigenvalue weighted by Crippen LogP contribution is 2.20. The largest absolute Gasteiger partial charge is 0.494 e. The van der Waals surface area contributed by atoms with Gasteiger partial charge in [-0.1, -0.05) is 12.1 Å². The standard InChI is InChI=1S/C15H24FN3O/c1-18(10-11-19-8-6-17-7-9-19)12-13-4-3-5-14(20-2)15(13)16/h3-5,17H,6-12H2,1-2H3. The Morgan fingerprint density at radius 3 is 2.80 bits per heavy atom. The zero-order valence-corrected chi connectivity index (χ0v) is 12.4. The summed E-state index contributed by atoms with van der Waals surface area (Å²) in [4.78, 5) is 4.59. The normalized spacial score (nSPS) is 16.6. The van der Waals surface area contributed by atoms with Gasteiger partial charge in [0.2, 0.25) is 0 Å². The molecule has 1 saturated heterocycles. The van der Waals surface area contributed by atoms with Crippen LogP contribution in [-0.4, -0.2) is 63.2 Å².